The summed E-state index contributed by atoms with van der Waals surface area (Å²) in [5.41, 5.74) is 15.7. The van der Waals surface area contributed by atoms with Crippen molar-refractivity contribution in [3.05, 3.63) is 29.8 Å². The van der Waals surface area contributed by atoms with Crippen LogP contribution in [0.5, 0.6) is 5.75 Å². The van der Waals surface area contributed by atoms with E-state index < -0.39 is 17.9 Å². The molecule has 0 saturated carbocycles. The van der Waals surface area contributed by atoms with E-state index in [0.717, 1.165) is 0 Å². The fourth-order valence-electron chi connectivity index (χ4n) is 1.06. The highest BCUT2D eigenvalue weighted by molar-refractivity contribution is 5.95. The van der Waals surface area contributed by atoms with Crippen LogP contribution >= 0.6 is 0 Å². The number of benzene rings is 1. The van der Waals surface area contributed by atoms with Gasteiger partial charge in [0.1, 0.15) is 18.4 Å². The summed E-state index contributed by atoms with van der Waals surface area (Å²) in [5.74, 6) is -0.994. The van der Waals surface area contributed by atoms with E-state index in [2.05, 4.69) is 0 Å². The Morgan fingerprint density at radius 2 is 1.88 bits per heavy atom. The molecule has 0 saturated heterocycles. The molecule has 0 radical (unpaired) electrons. The molecule has 16 heavy (non-hydrogen) atoms. The number of nitrogens with two attached hydrogens (primary N) is 3. The first kappa shape index (κ1) is 12.0. The van der Waals surface area contributed by atoms with Crippen LogP contribution in [0.3, 0.4) is 0 Å². The summed E-state index contributed by atoms with van der Waals surface area (Å²) in [6, 6.07) is 5.50. The van der Waals surface area contributed by atoms with Crippen LogP contribution in [0.25, 0.3) is 0 Å². The van der Waals surface area contributed by atoms with Crippen molar-refractivity contribution in [3.63, 3.8) is 0 Å². The lowest BCUT2D eigenvalue weighted by molar-refractivity contribution is -0.119. The average molecular weight is 223 g/mol. The summed E-state index contributed by atoms with van der Waals surface area (Å²) in [5, 5.41) is 0. The van der Waals surface area contributed by atoms with E-state index in [1.165, 1.54) is 6.07 Å². The van der Waals surface area contributed by atoms with Gasteiger partial charge in [-0.25, -0.2) is 0 Å². The molecule has 6 nitrogen and oxygen atoms in total. The van der Waals surface area contributed by atoms with Gasteiger partial charge >= 0.3 is 0 Å². The standard InChI is InChI=1S/C10H13N3O3/c11-7(10(13)15)5-16-8-4-2-1-3-6(8)9(12)14/h1-4,7H,5,11H2,(H2,12,14)(H2,13,15). The maximum absolute atomic E-state index is 11.0. The lowest BCUT2D eigenvalue weighted by Gasteiger charge is -2.11. The van der Waals surface area contributed by atoms with Crippen LogP contribution in [0, 0.1) is 0 Å². The molecule has 1 unspecified atom stereocenters. The quantitative estimate of drug-likeness (QED) is 0.591. The van der Waals surface area contributed by atoms with Gasteiger partial charge in [-0.15, -0.1) is 0 Å². The lowest BCUT2D eigenvalue weighted by atomic mass is 10.2. The molecule has 0 spiro atoms. The minimum atomic E-state index is -0.916. The SMILES string of the molecule is NC(=O)c1ccccc1OCC(N)C(N)=O. The number of rotatable bonds is 5. The van der Waals surface area contributed by atoms with Gasteiger partial charge < -0.3 is 21.9 Å². The van der Waals surface area contributed by atoms with Gasteiger partial charge in [-0.05, 0) is 12.1 Å². The Labute approximate surface area is 92.3 Å². The largest absolute Gasteiger partial charge is 0.491 e. The predicted molar refractivity (Wildman–Crippen MR) is 57.6 cm³/mol. The first-order valence-electron chi connectivity index (χ1n) is 4.59. The van der Waals surface area contributed by atoms with Crippen molar-refractivity contribution in [1.82, 2.24) is 0 Å². The highest BCUT2D eigenvalue weighted by Crippen LogP contribution is 2.16. The fraction of sp³-hybridized carbons (Fsp3) is 0.200. The molecule has 1 aromatic carbocycles. The lowest BCUT2D eigenvalue weighted by Crippen LogP contribution is -2.41. The third kappa shape index (κ3) is 2.96. The summed E-state index contributed by atoms with van der Waals surface area (Å²) in [6.45, 7) is -0.0976. The summed E-state index contributed by atoms with van der Waals surface area (Å²) in [4.78, 5) is 21.7. The summed E-state index contributed by atoms with van der Waals surface area (Å²) < 4.78 is 5.19. The van der Waals surface area contributed by atoms with Crippen LogP contribution in [0.2, 0.25) is 0 Å². The molecule has 0 fully saturated rings. The van der Waals surface area contributed by atoms with Crippen LogP contribution in [-0.2, 0) is 4.79 Å². The van der Waals surface area contributed by atoms with Gasteiger partial charge in [-0.3, -0.25) is 9.59 Å². The van der Waals surface area contributed by atoms with Gasteiger partial charge in [-0.2, -0.15) is 0 Å². The van der Waals surface area contributed by atoms with Crippen molar-refractivity contribution in [1.29, 1.82) is 0 Å². The van der Waals surface area contributed by atoms with Gasteiger partial charge in [0.2, 0.25) is 5.91 Å². The number of hydrogen-bond donors (Lipinski definition) is 3. The fourth-order valence-corrected chi connectivity index (χ4v) is 1.06. The molecule has 0 aliphatic carbocycles. The monoisotopic (exact) mass is 223 g/mol. The molecule has 2 amide bonds. The zero-order chi connectivity index (χ0) is 12.1. The molecule has 1 atom stereocenters. The molecule has 0 bridgehead atoms. The van der Waals surface area contributed by atoms with Gasteiger partial charge in [0.05, 0.1) is 5.56 Å². The second-order valence-corrected chi connectivity index (χ2v) is 3.18. The Kier molecular flexibility index (Phi) is 3.84. The summed E-state index contributed by atoms with van der Waals surface area (Å²) in [6.07, 6.45) is 0. The van der Waals surface area contributed by atoms with Crippen molar-refractivity contribution >= 4 is 11.8 Å². The minimum absolute atomic E-state index is 0.0976. The van der Waals surface area contributed by atoms with E-state index in [9.17, 15) is 9.59 Å². The maximum Gasteiger partial charge on any atom is 0.252 e. The Balaban J connectivity index is 2.74. The molecule has 86 valence electrons. The molecular formula is C10H13N3O3. The number of ether oxygens (including phenoxy) is 1. The molecule has 1 aromatic rings. The summed E-state index contributed by atoms with van der Waals surface area (Å²) >= 11 is 0. The number of hydrogen-bond acceptors (Lipinski definition) is 4. The topological polar surface area (TPSA) is 121 Å². The zero-order valence-corrected chi connectivity index (χ0v) is 8.55. The molecule has 0 heterocycles. The highest BCUT2D eigenvalue weighted by Gasteiger charge is 2.13. The van der Waals surface area contributed by atoms with Crippen molar-refractivity contribution < 1.29 is 14.3 Å². The third-order valence-electron chi connectivity index (χ3n) is 1.94. The van der Waals surface area contributed by atoms with Crippen LogP contribution in [-0.4, -0.2) is 24.5 Å². The predicted octanol–water partition coefficient (Wildman–Crippen LogP) is -1.02. The van der Waals surface area contributed by atoms with E-state index in [4.69, 9.17) is 21.9 Å². The molecule has 0 aliphatic rings. The third-order valence-corrected chi connectivity index (χ3v) is 1.94. The normalized spacial score (nSPS) is 11.8. The van der Waals surface area contributed by atoms with Crippen molar-refractivity contribution in [3.8, 4) is 5.75 Å². The Morgan fingerprint density at radius 1 is 1.25 bits per heavy atom. The summed E-state index contributed by atoms with van der Waals surface area (Å²) in [7, 11) is 0. The Bertz CT molecular complexity index is 406. The molecular weight excluding hydrogens is 210 g/mol. The van der Waals surface area contributed by atoms with E-state index in [1.54, 1.807) is 18.2 Å². The number of carbonyl (C=O) groups excluding carboxylic acids is 2. The Morgan fingerprint density at radius 3 is 2.44 bits per heavy atom. The first-order chi connectivity index (χ1) is 7.52. The van der Waals surface area contributed by atoms with E-state index in [-0.39, 0.29) is 17.9 Å². The molecule has 1 rings (SSSR count). The molecule has 6 N–H and O–H groups in total. The van der Waals surface area contributed by atoms with Gasteiger partial charge in [0.25, 0.3) is 5.91 Å². The smallest absolute Gasteiger partial charge is 0.252 e. The first-order valence-corrected chi connectivity index (χ1v) is 4.59. The second-order valence-electron chi connectivity index (χ2n) is 3.18. The van der Waals surface area contributed by atoms with Crippen LogP contribution in [0.1, 0.15) is 10.4 Å². The number of amides is 2. The van der Waals surface area contributed by atoms with Crippen molar-refractivity contribution in [2.45, 2.75) is 6.04 Å². The highest BCUT2D eigenvalue weighted by atomic mass is 16.5. The number of primary amides is 2. The van der Waals surface area contributed by atoms with Crippen molar-refractivity contribution in [2.75, 3.05) is 6.61 Å². The van der Waals surface area contributed by atoms with Gasteiger partial charge in [0.15, 0.2) is 0 Å². The van der Waals surface area contributed by atoms with Gasteiger partial charge in [-0.1, -0.05) is 12.1 Å². The van der Waals surface area contributed by atoms with Crippen LogP contribution in [0.4, 0.5) is 0 Å². The Hall–Kier alpha value is -2.08. The number of para-hydroxylation sites is 1. The zero-order valence-electron chi connectivity index (χ0n) is 8.55. The van der Waals surface area contributed by atoms with E-state index >= 15 is 0 Å². The van der Waals surface area contributed by atoms with Crippen LogP contribution in [0.15, 0.2) is 24.3 Å². The second kappa shape index (κ2) is 5.13. The van der Waals surface area contributed by atoms with Crippen LogP contribution < -0.4 is 21.9 Å². The van der Waals surface area contributed by atoms with Crippen molar-refractivity contribution in [2.24, 2.45) is 17.2 Å². The average Bonchev–Trinajstić information content (AvgIpc) is 2.25. The minimum Gasteiger partial charge on any atom is -0.491 e. The van der Waals surface area contributed by atoms with E-state index in [1.807, 2.05) is 0 Å². The number of carbonyl (C=O) groups is 2. The van der Waals surface area contributed by atoms with Gasteiger partial charge in [0, 0.05) is 0 Å². The molecule has 6 heteroatoms. The van der Waals surface area contributed by atoms with E-state index in [0.29, 0.717) is 0 Å². The molecule has 0 aliphatic heterocycles. The maximum atomic E-state index is 11.0. The molecule has 0 aromatic heterocycles.